The largest absolute Gasteiger partial charge is 0.396 e. The van der Waals surface area contributed by atoms with E-state index in [2.05, 4.69) is 5.32 Å². The van der Waals surface area contributed by atoms with E-state index in [-0.39, 0.29) is 30.8 Å². The van der Waals surface area contributed by atoms with Crippen LogP contribution >= 0.6 is 0 Å². The van der Waals surface area contributed by atoms with Gasteiger partial charge in [-0.25, -0.2) is 4.39 Å². The van der Waals surface area contributed by atoms with Crippen LogP contribution in [0.5, 0.6) is 0 Å². The zero-order chi connectivity index (χ0) is 15.1. The molecule has 2 aromatic carbocycles. The minimum absolute atomic E-state index is 0.00358. The predicted molar refractivity (Wildman–Crippen MR) is 79.1 cm³/mol. The van der Waals surface area contributed by atoms with Crippen LogP contribution in [-0.4, -0.2) is 17.6 Å². The summed E-state index contributed by atoms with van der Waals surface area (Å²) in [6.45, 7) is -0.00358. The highest BCUT2D eigenvalue weighted by molar-refractivity contribution is 5.79. The maximum atomic E-state index is 12.8. The molecule has 1 amide bonds. The maximum Gasteiger partial charge on any atom is 0.224 e. The topological polar surface area (TPSA) is 49.3 Å². The number of aliphatic hydroxyl groups excluding tert-OH is 1. The number of halogens is 1. The van der Waals surface area contributed by atoms with Crippen LogP contribution in [0.3, 0.4) is 0 Å². The van der Waals surface area contributed by atoms with Crippen molar-refractivity contribution >= 4 is 5.91 Å². The minimum atomic E-state index is -0.318. The summed E-state index contributed by atoms with van der Waals surface area (Å²) in [5.41, 5.74) is 1.71. The molecule has 0 heterocycles. The van der Waals surface area contributed by atoms with Crippen LogP contribution in [0.15, 0.2) is 54.6 Å². The van der Waals surface area contributed by atoms with Crippen LogP contribution < -0.4 is 5.32 Å². The molecule has 0 saturated heterocycles. The molecule has 110 valence electrons. The van der Waals surface area contributed by atoms with Gasteiger partial charge in [-0.05, 0) is 29.7 Å². The Morgan fingerprint density at radius 3 is 2.38 bits per heavy atom. The van der Waals surface area contributed by atoms with Crippen LogP contribution in [0.25, 0.3) is 0 Å². The molecular weight excluding hydrogens is 269 g/mol. The molecule has 2 N–H and O–H groups in total. The van der Waals surface area contributed by atoms with E-state index in [1.165, 1.54) is 12.1 Å². The summed E-state index contributed by atoms with van der Waals surface area (Å²) in [4.78, 5) is 12.1. The van der Waals surface area contributed by atoms with E-state index in [9.17, 15) is 9.18 Å². The van der Waals surface area contributed by atoms with Crippen LogP contribution in [0, 0.1) is 5.82 Å². The molecule has 0 aliphatic heterocycles. The fourth-order valence-electron chi connectivity index (χ4n) is 2.17. The first-order chi connectivity index (χ1) is 10.2. The fourth-order valence-corrected chi connectivity index (χ4v) is 2.17. The summed E-state index contributed by atoms with van der Waals surface area (Å²) >= 11 is 0. The van der Waals surface area contributed by atoms with Gasteiger partial charge in [0.15, 0.2) is 0 Å². The predicted octanol–water partition coefficient (Wildman–Crippen LogP) is 2.61. The quantitative estimate of drug-likeness (QED) is 0.858. The molecule has 0 saturated carbocycles. The van der Waals surface area contributed by atoms with E-state index < -0.39 is 0 Å². The third kappa shape index (κ3) is 4.68. The molecule has 1 atom stereocenters. The van der Waals surface area contributed by atoms with Gasteiger partial charge in [-0.1, -0.05) is 42.5 Å². The summed E-state index contributed by atoms with van der Waals surface area (Å²) in [5, 5.41) is 12.0. The van der Waals surface area contributed by atoms with E-state index in [4.69, 9.17) is 5.11 Å². The molecule has 21 heavy (non-hydrogen) atoms. The molecule has 0 spiro atoms. The Labute approximate surface area is 123 Å². The Balaban J connectivity index is 2.00. The van der Waals surface area contributed by atoms with Gasteiger partial charge in [-0.15, -0.1) is 0 Å². The number of hydrogen-bond donors (Lipinski definition) is 2. The molecule has 0 radical (unpaired) electrons. The third-order valence-corrected chi connectivity index (χ3v) is 3.23. The second-order valence-electron chi connectivity index (χ2n) is 4.85. The fraction of sp³-hybridized carbons (Fsp3) is 0.235. The molecule has 0 aromatic heterocycles. The van der Waals surface area contributed by atoms with Gasteiger partial charge < -0.3 is 10.4 Å². The molecule has 0 bridgehead atoms. The highest BCUT2D eigenvalue weighted by Crippen LogP contribution is 2.16. The van der Waals surface area contributed by atoms with Crippen LogP contribution in [0.4, 0.5) is 4.39 Å². The molecule has 2 rings (SSSR count). The zero-order valence-corrected chi connectivity index (χ0v) is 11.6. The lowest BCUT2D eigenvalue weighted by Gasteiger charge is -2.18. The van der Waals surface area contributed by atoms with Gasteiger partial charge in [0, 0.05) is 6.61 Å². The first-order valence-electron chi connectivity index (χ1n) is 6.88. The number of carbonyl (C=O) groups is 1. The van der Waals surface area contributed by atoms with E-state index in [1.54, 1.807) is 12.1 Å². The molecule has 0 aliphatic rings. The van der Waals surface area contributed by atoms with E-state index >= 15 is 0 Å². The SMILES string of the molecule is O=C(Cc1ccc(F)cc1)NC(CCO)c1ccccc1. The number of hydrogen-bond acceptors (Lipinski definition) is 2. The Hall–Kier alpha value is -2.20. The van der Waals surface area contributed by atoms with Crippen molar-refractivity contribution in [3.8, 4) is 0 Å². The van der Waals surface area contributed by atoms with Crippen LogP contribution in [0.1, 0.15) is 23.6 Å². The van der Waals surface area contributed by atoms with Crippen molar-refractivity contribution in [2.75, 3.05) is 6.61 Å². The van der Waals surface area contributed by atoms with Gasteiger partial charge in [0.05, 0.1) is 12.5 Å². The Bertz CT molecular complexity index is 569. The Morgan fingerprint density at radius 1 is 1.10 bits per heavy atom. The second-order valence-corrected chi connectivity index (χ2v) is 4.85. The monoisotopic (exact) mass is 287 g/mol. The normalized spacial score (nSPS) is 11.9. The number of carbonyl (C=O) groups excluding carboxylic acids is 1. The lowest BCUT2D eigenvalue weighted by atomic mass is 10.0. The van der Waals surface area contributed by atoms with Crippen molar-refractivity contribution in [1.82, 2.24) is 5.32 Å². The highest BCUT2D eigenvalue weighted by atomic mass is 19.1. The number of benzene rings is 2. The summed E-state index contributed by atoms with van der Waals surface area (Å²) in [6, 6.07) is 15.2. The highest BCUT2D eigenvalue weighted by Gasteiger charge is 2.14. The van der Waals surface area contributed by atoms with E-state index in [0.717, 1.165) is 11.1 Å². The molecule has 1 unspecified atom stereocenters. The number of rotatable bonds is 6. The first kappa shape index (κ1) is 15.2. The number of amides is 1. The van der Waals surface area contributed by atoms with Crippen molar-refractivity contribution < 1.29 is 14.3 Å². The molecule has 4 heteroatoms. The van der Waals surface area contributed by atoms with Gasteiger partial charge in [-0.3, -0.25) is 4.79 Å². The first-order valence-corrected chi connectivity index (χ1v) is 6.88. The summed E-state index contributed by atoms with van der Waals surface area (Å²) in [6.07, 6.45) is 0.647. The van der Waals surface area contributed by atoms with Crippen molar-refractivity contribution in [2.45, 2.75) is 18.9 Å². The average molecular weight is 287 g/mol. The zero-order valence-electron chi connectivity index (χ0n) is 11.6. The van der Waals surface area contributed by atoms with Crippen molar-refractivity contribution in [2.24, 2.45) is 0 Å². The van der Waals surface area contributed by atoms with Crippen molar-refractivity contribution in [3.63, 3.8) is 0 Å². The van der Waals surface area contributed by atoms with Gasteiger partial charge in [-0.2, -0.15) is 0 Å². The van der Waals surface area contributed by atoms with Gasteiger partial charge in [0.2, 0.25) is 5.91 Å². The summed E-state index contributed by atoms with van der Waals surface area (Å²) < 4.78 is 12.8. The van der Waals surface area contributed by atoms with Gasteiger partial charge in [0.1, 0.15) is 5.82 Å². The molecule has 2 aromatic rings. The smallest absolute Gasteiger partial charge is 0.224 e. The van der Waals surface area contributed by atoms with Gasteiger partial charge >= 0.3 is 0 Å². The van der Waals surface area contributed by atoms with E-state index in [0.29, 0.717) is 6.42 Å². The second kappa shape index (κ2) is 7.55. The minimum Gasteiger partial charge on any atom is -0.396 e. The van der Waals surface area contributed by atoms with Crippen molar-refractivity contribution in [3.05, 3.63) is 71.5 Å². The lowest BCUT2D eigenvalue weighted by molar-refractivity contribution is -0.121. The molecule has 0 aliphatic carbocycles. The van der Waals surface area contributed by atoms with Crippen LogP contribution in [-0.2, 0) is 11.2 Å². The Kier molecular flexibility index (Phi) is 5.46. The third-order valence-electron chi connectivity index (χ3n) is 3.23. The van der Waals surface area contributed by atoms with E-state index in [1.807, 2.05) is 30.3 Å². The van der Waals surface area contributed by atoms with Crippen LogP contribution in [0.2, 0.25) is 0 Å². The standard InChI is InChI=1S/C17H18FNO2/c18-15-8-6-13(7-9-15)12-17(21)19-16(10-11-20)14-4-2-1-3-5-14/h1-9,16,20H,10-12H2,(H,19,21). The molecular formula is C17H18FNO2. The molecule has 3 nitrogen and oxygen atoms in total. The maximum absolute atomic E-state index is 12.8. The number of nitrogens with one attached hydrogen (secondary N) is 1. The summed E-state index contributed by atoms with van der Waals surface area (Å²) in [5.74, 6) is -0.467. The van der Waals surface area contributed by atoms with Gasteiger partial charge in [0.25, 0.3) is 0 Å². The average Bonchev–Trinajstić information content (AvgIpc) is 2.50. The Morgan fingerprint density at radius 2 is 1.76 bits per heavy atom. The lowest BCUT2D eigenvalue weighted by Crippen LogP contribution is -2.30. The molecule has 0 fully saturated rings. The van der Waals surface area contributed by atoms with Crippen molar-refractivity contribution in [1.29, 1.82) is 0 Å². The summed E-state index contributed by atoms with van der Waals surface area (Å²) in [7, 11) is 0. The number of aliphatic hydroxyl groups is 1.